The molecule has 2 amide bonds. The Morgan fingerprint density at radius 1 is 0.971 bits per heavy atom. The van der Waals surface area contributed by atoms with Crippen LogP contribution in [0.25, 0.3) is 0 Å². The number of nitrogens with one attached hydrogen (secondary N) is 2. The topological polar surface area (TPSA) is 103 Å². The highest BCUT2D eigenvalue weighted by Gasteiger charge is 2.27. The van der Waals surface area contributed by atoms with Gasteiger partial charge in [0, 0.05) is 11.1 Å². The first-order valence-electron chi connectivity index (χ1n) is 10.1. The minimum absolute atomic E-state index is 0.0667. The third-order valence-electron chi connectivity index (χ3n) is 4.93. The number of esters is 1. The van der Waals surface area contributed by atoms with Crippen molar-refractivity contribution in [3.8, 4) is 11.5 Å². The fourth-order valence-electron chi connectivity index (χ4n) is 3.22. The predicted octanol–water partition coefficient (Wildman–Crippen LogP) is 4.95. The highest BCUT2D eigenvalue weighted by molar-refractivity contribution is 7.19. The van der Waals surface area contributed by atoms with Crippen LogP contribution in [0.1, 0.15) is 31.2 Å². The lowest BCUT2D eigenvalue weighted by Gasteiger charge is -2.11. The number of hydrogen-bond acceptors (Lipinski definition) is 7. The highest BCUT2D eigenvalue weighted by atomic mass is 35.5. The Bertz CT molecular complexity index is 1220. The number of carbonyl (C=O) groups is 3. The molecule has 3 aromatic rings. The lowest BCUT2D eigenvalue weighted by molar-refractivity contribution is -0.115. The van der Waals surface area contributed by atoms with Crippen molar-refractivity contribution in [1.82, 2.24) is 0 Å². The zero-order valence-electron chi connectivity index (χ0n) is 19.0. The molecule has 1 aromatic heterocycles. The third kappa shape index (κ3) is 5.67. The van der Waals surface area contributed by atoms with Crippen LogP contribution in [0.2, 0.25) is 5.02 Å². The van der Waals surface area contributed by atoms with E-state index in [0.29, 0.717) is 27.8 Å². The van der Waals surface area contributed by atoms with E-state index in [1.807, 2.05) is 0 Å². The standard InChI is InChI=1S/C24H23ClN2O6S/c1-13-20(24(30)33-4)23(27-19(28)11-14-5-7-15(25)8-6-14)34-21(13)22(29)26-17-12-16(31-2)9-10-18(17)32-3/h5-10,12H,11H2,1-4H3,(H,26,29)(H,27,28). The molecule has 8 nitrogen and oxygen atoms in total. The number of amides is 2. The van der Waals surface area contributed by atoms with Crippen molar-refractivity contribution in [2.75, 3.05) is 32.0 Å². The summed E-state index contributed by atoms with van der Waals surface area (Å²) in [5.74, 6) is -0.515. The van der Waals surface area contributed by atoms with Crippen LogP contribution in [-0.2, 0) is 16.0 Å². The van der Waals surface area contributed by atoms with Crippen molar-refractivity contribution in [2.24, 2.45) is 0 Å². The summed E-state index contributed by atoms with van der Waals surface area (Å²) in [7, 11) is 4.23. The fraction of sp³-hybridized carbons (Fsp3) is 0.208. The number of carbonyl (C=O) groups excluding carboxylic acids is 3. The average Bonchev–Trinajstić information content (AvgIpc) is 3.15. The predicted molar refractivity (Wildman–Crippen MR) is 132 cm³/mol. The Kier molecular flexibility index (Phi) is 8.14. The van der Waals surface area contributed by atoms with E-state index in [1.165, 1.54) is 21.3 Å². The number of ether oxygens (including phenoxy) is 3. The second kappa shape index (κ2) is 11.0. The van der Waals surface area contributed by atoms with Gasteiger partial charge in [-0.1, -0.05) is 23.7 Å². The molecule has 0 fully saturated rings. The van der Waals surface area contributed by atoms with E-state index in [-0.39, 0.29) is 27.8 Å². The van der Waals surface area contributed by atoms with Gasteiger partial charge < -0.3 is 24.8 Å². The van der Waals surface area contributed by atoms with E-state index >= 15 is 0 Å². The smallest absolute Gasteiger partial charge is 0.341 e. The molecule has 2 aromatic carbocycles. The molecule has 0 saturated heterocycles. The number of thiophene rings is 1. The highest BCUT2D eigenvalue weighted by Crippen LogP contribution is 2.36. The maximum absolute atomic E-state index is 13.1. The zero-order chi connectivity index (χ0) is 24.8. The Balaban J connectivity index is 1.89. The van der Waals surface area contributed by atoms with Gasteiger partial charge in [-0.05, 0) is 42.3 Å². The second-order valence-electron chi connectivity index (χ2n) is 7.12. The first-order valence-corrected chi connectivity index (χ1v) is 11.3. The summed E-state index contributed by atoms with van der Waals surface area (Å²) in [6, 6.07) is 11.8. The largest absolute Gasteiger partial charge is 0.497 e. The Hall–Kier alpha value is -3.56. The van der Waals surface area contributed by atoms with Gasteiger partial charge in [-0.15, -0.1) is 11.3 Å². The number of anilines is 2. The van der Waals surface area contributed by atoms with Crippen molar-refractivity contribution in [2.45, 2.75) is 13.3 Å². The van der Waals surface area contributed by atoms with Crippen molar-refractivity contribution in [3.63, 3.8) is 0 Å². The van der Waals surface area contributed by atoms with Gasteiger partial charge >= 0.3 is 5.97 Å². The molecule has 178 valence electrons. The molecular formula is C24H23ClN2O6S. The fourth-order valence-corrected chi connectivity index (χ4v) is 4.45. The van der Waals surface area contributed by atoms with Gasteiger partial charge in [-0.3, -0.25) is 9.59 Å². The maximum Gasteiger partial charge on any atom is 0.341 e. The van der Waals surface area contributed by atoms with Gasteiger partial charge in [0.05, 0.1) is 43.9 Å². The number of hydrogen-bond donors (Lipinski definition) is 2. The molecule has 0 aliphatic heterocycles. The molecule has 10 heteroatoms. The molecular weight excluding hydrogens is 480 g/mol. The molecule has 0 spiro atoms. The van der Waals surface area contributed by atoms with E-state index in [2.05, 4.69) is 10.6 Å². The monoisotopic (exact) mass is 502 g/mol. The second-order valence-corrected chi connectivity index (χ2v) is 8.58. The van der Waals surface area contributed by atoms with Crippen LogP contribution in [0.15, 0.2) is 42.5 Å². The van der Waals surface area contributed by atoms with Gasteiger partial charge in [0.2, 0.25) is 5.91 Å². The van der Waals surface area contributed by atoms with Gasteiger partial charge in [0.15, 0.2) is 0 Å². The first-order chi connectivity index (χ1) is 16.3. The molecule has 2 N–H and O–H groups in total. The van der Waals surface area contributed by atoms with Gasteiger partial charge in [-0.25, -0.2) is 4.79 Å². The zero-order valence-corrected chi connectivity index (χ0v) is 20.6. The molecule has 34 heavy (non-hydrogen) atoms. The molecule has 0 unspecified atom stereocenters. The van der Waals surface area contributed by atoms with Crippen LogP contribution in [0.4, 0.5) is 10.7 Å². The maximum atomic E-state index is 13.1. The van der Waals surface area contributed by atoms with E-state index in [0.717, 1.165) is 16.9 Å². The van der Waals surface area contributed by atoms with Crippen LogP contribution < -0.4 is 20.1 Å². The van der Waals surface area contributed by atoms with Gasteiger partial charge in [0.1, 0.15) is 16.5 Å². The third-order valence-corrected chi connectivity index (χ3v) is 6.39. The van der Waals surface area contributed by atoms with Crippen molar-refractivity contribution in [1.29, 1.82) is 0 Å². The average molecular weight is 503 g/mol. The van der Waals surface area contributed by atoms with Gasteiger partial charge in [0.25, 0.3) is 5.91 Å². The van der Waals surface area contributed by atoms with Crippen LogP contribution in [0.3, 0.4) is 0 Å². The minimum Gasteiger partial charge on any atom is -0.497 e. The molecule has 0 aliphatic rings. The summed E-state index contributed by atoms with van der Waals surface area (Å²) in [5, 5.41) is 6.30. The molecule has 1 heterocycles. The van der Waals surface area contributed by atoms with Crippen molar-refractivity contribution >= 4 is 51.4 Å². The van der Waals surface area contributed by atoms with Crippen LogP contribution in [0.5, 0.6) is 11.5 Å². The summed E-state index contributed by atoms with van der Waals surface area (Å²) in [6.45, 7) is 1.62. The van der Waals surface area contributed by atoms with E-state index in [4.69, 9.17) is 25.8 Å². The van der Waals surface area contributed by atoms with E-state index < -0.39 is 11.9 Å². The van der Waals surface area contributed by atoms with Crippen LogP contribution in [-0.4, -0.2) is 39.1 Å². The number of benzene rings is 2. The Morgan fingerprint density at radius 3 is 2.29 bits per heavy atom. The van der Waals surface area contributed by atoms with Crippen LogP contribution >= 0.6 is 22.9 Å². The van der Waals surface area contributed by atoms with Crippen molar-refractivity contribution in [3.05, 3.63) is 69.1 Å². The minimum atomic E-state index is -0.659. The van der Waals surface area contributed by atoms with Crippen LogP contribution in [0, 0.1) is 6.92 Å². The summed E-state index contributed by atoms with van der Waals surface area (Å²) in [6.07, 6.45) is 0.0667. The summed E-state index contributed by atoms with van der Waals surface area (Å²) >= 11 is 6.87. The number of rotatable bonds is 8. The lowest BCUT2D eigenvalue weighted by atomic mass is 10.1. The van der Waals surface area contributed by atoms with E-state index in [1.54, 1.807) is 49.4 Å². The molecule has 3 rings (SSSR count). The Morgan fingerprint density at radius 2 is 1.68 bits per heavy atom. The normalized spacial score (nSPS) is 10.4. The first kappa shape index (κ1) is 25.1. The number of halogens is 1. The summed E-state index contributed by atoms with van der Waals surface area (Å²) in [5.41, 5.74) is 1.66. The molecule has 0 bridgehead atoms. The van der Waals surface area contributed by atoms with E-state index in [9.17, 15) is 14.4 Å². The van der Waals surface area contributed by atoms with Gasteiger partial charge in [-0.2, -0.15) is 0 Å². The quantitative estimate of drug-likeness (QED) is 0.422. The summed E-state index contributed by atoms with van der Waals surface area (Å²) in [4.78, 5) is 38.5. The Labute approximate surface area is 205 Å². The molecule has 0 saturated carbocycles. The molecule has 0 radical (unpaired) electrons. The lowest BCUT2D eigenvalue weighted by Crippen LogP contribution is -2.16. The SMILES string of the molecule is COC(=O)c1c(NC(=O)Cc2ccc(Cl)cc2)sc(C(=O)Nc2cc(OC)ccc2OC)c1C. The van der Waals surface area contributed by atoms with Crippen molar-refractivity contribution < 1.29 is 28.6 Å². The molecule has 0 aliphatic carbocycles. The summed E-state index contributed by atoms with van der Waals surface area (Å²) < 4.78 is 15.4. The number of methoxy groups -OCH3 is 3. The molecule has 0 atom stereocenters.